The first-order valence-corrected chi connectivity index (χ1v) is 15.9. The number of rotatable bonds is 5. The maximum absolute atomic E-state index is 5.09. The number of para-hydroxylation sites is 1. The minimum absolute atomic E-state index is 0.135. The molecule has 0 fully saturated rings. The molecule has 2 heterocycles. The Hall–Kier alpha value is -5.67. The lowest BCUT2D eigenvalue weighted by atomic mass is 9.86. The van der Waals surface area contributed by atoms with Crippen molar-refractivity contribution < 1.29 is 0 Å². The average Bonchev–Trinajstić information content (AvgIpc) is 3.69. The molecule has 0 saturated heterocycles. The number of nitrogens with zero attached hydrogens (tertiary/aromatic N) is 3. The molecule has 0 atom stereocenters. The minimum Gasteiger partial charge on any atom is -0.309 e. The smallest absolute Gasteiger partial charge is 0.0934 e. The van der Waals surface area contributed by atoms with Gasteiger partial charge >= 0.3 is 0 Å². The van der Waals surface area contributed by atoms with Gasteiger partial charge in [-0.05, 0) is 70.6 Å². The molecule has 0 amide bonds. The third-order valence-electron chi connectivity index (χ3n) is 8.96. The molecule has 3 nitrogen and oxygen atoms in total. The van der Waals surface area contributed by atoms with Crippen molar-refractivity contribution in [2.24, 2.45) is 0 Å². The van der Waals surface area contributed by atoms with Crippen LogP contribution in [-0.4, -0.2) is 14.3 Å². The number of hydrogen-bond donors (Lipinski definition) is 0. The minimum atomic E-state index is 0.135. The maximum Gasteiger partial charge on any atom is 0.0934 e. The first kappa shape index (κ1) is 27.8. The van der Waals surface area contributed by atoms with E-state index < -0.39 is 0 Å². The summed E-state index contributed by atoms with van der Waals surface area (Å²) in [4.78, 5) is 0. The molecule has 46 heavy (non-hydrogen) atoms. The molecule has 0 aliphatic carbocycles. The van der Waals surface area contributed by atoms with Crippen LogP contribution in [0.3, 0.4) is 0 Å². The van der Waals surface area contributed by atoms with Crippen LogP contribution in [0.5, 0.6) is 0 Å². The molecule has 0 aliphatic rings. The summed E-state index contributed by atoms with van der Waals surface area (Å²) in [6, 6.07) is 56.4. The lowest BCUT2D eigenvalue weighted by Gasteiger charge is -2.19. The Bertz CT molecular complexity index is 2300. The zero-order chi connectivity index (χ0) is 31.3. The van der Waals surface area contributed by atoms with Crippen LogP contribution in [0.15, 0.2) is 158 Å². The van der Waals surface area contributed by atoms with Gasteiger partial charge < -0.3 is 4.57 Å². The summed E-state index contributed by atoms with van der Waals surface area (Å²) < 4.78 is 4.43. The van der Waals surface area contributed by atoms with E-state index in [1.165, 1.54) is 38.5 Å². The van der Waals surface area contributed by atoms with Crippen molar-refractivity contribution in [3.05, 3.63) is 163 Å². The van der Waals surface area contributed by atoms with Crippen molar-refractivity contribution in [3.8, 4) is 45.0 Å². The number of hydrogen-bond acceptors (Lipinski definition) is 1. The van der Waals surface area contributed by atoms with Crippen LogP contribution < -0.4 is 0 Å². The lowest BCUT2D eigenvalue weighted by Crippen LogP contribution is -2.10. The van der Waals surface area contributed by atoms with Gasteiger partial charge in [0.1, 0.15) is 0 Å². The molecule has 8 rings (SSSR count). The third-order valence-corrected chi connectivity index (χ3v) is 8.96. The van der Waals surface area contributed by atoms with E-state index in [-0.39, 0.29) is 5.41 Å². The van der Waals surface area contributed by atoms with Gasteiger partial charge in [-0.25, -0.2) is 4.68 Å². The van der Waals surface area contributed by atoms with Gasteiger partial charge in [-0.15, -0.1) is 0 Å². The Morgan fingerprint density at radius 2 is 1.04 bits per heavy atom. The standard InChI is InChI=1S/C43H35N3/c1-43(2,3)34-21-18-30(19-22-34)33-20-27-41-38(28-33)37-16-10-11-17-40(37)45(41)35-23-25-36(26-24-35)46-42(32-14-8-5-9-15-32)29-39(44-46)31-12-6-4-7-13-31/h4-29H,1-3H3. The lowest BCUT2D eigenvalue weighted by molar-refractivity contribution is 0.590. The fourth-order valence-electron chi connectivity index (χ4n) is 6.48. The van der Waals surface area contributed by atoms with E-state index in [0.717, 1.165) is 33.9 Å². The highest BCUT2D eigenvalue weighted by atomic mass is 15.3. The van der Waals surface area contributed by atoms with Crippen molar-refractivity contribution >= 4 is 21.8 Å². The van der Waals surface area contributed by atoms with Crippen LogP contribution >= 0.6 is 0 Å². The molecule has 222 valence electrons. The molecule has 0 radical (unpaired) electrons. The molecule has 6 aromatic carbocycles. The molecule has 0 unspecified atom stereocenters. The van der Waals surface area contributed by atoms with Gasteiger partial charge in [-0.1, -0.05) is 130 Å². The third kappa shape index (κ3) is 4.91. The van der Waals surface area contributed by atoms with Gasteiger partial charge in [0, 0.05) is 27.6 Å². The van der Waals surface area contributed by atoms with E-state index >= 15 is 0 Å². The van der Waals surface area contributed by atoms with Crippen molar-refractivity contribution in [2.45, 2.75) is 26.2 Å². The van der Waals surface area contributed by atoms with Crippen LogP contribution in [0.2, 0.25) is 0 Å². The van der Waals surface area contributed by atoms with E-state index in [1.807, 2.05) is 6.07 Å². The van der Waals surface area contributed by atoms with Crippen LogP contribution in [0.1, 0.15) is 26.3 Å². The summed E-state index contributed by atoms with van der Waals surface area (Å²) in [5.41, 5.74) is 12.7. The van der Waals surface area contributed by atoms with E-state index in [2.05, 4.69) is 182 Å². The largest absolute Gasteiger partial charge is 0.309 e. The van der Waals surface area contributed by atoms with Crippen LogP contribution in [-0.2, 0) is 5.41 Å². The summed E-state index contributed by atoms with van der Waals surface area (Å²) in [6.07, 6.45) is 0. The van der Waals surface area contributed by atoms with Crippen molar-refractivity contribution in [1.29, 1.82) is 0 Å². The van der Waals surface area contributed by atoms with Gasteiger partial charge in [0.15, 0.2) is 0 Å². The Morgan fingerprint density at radius 3 is 1.74 bits per heavy atom. The van der Waals surface area contributed by atoms with Gasteiger partial charge in [-0.3, -0.25) is 0 Å². The quantitative estimate of drug-likeness (QED) is 0.195. The van der Waals surface area contributed by atoms with Crippen molar-refractivity contribution in [2.75, 3.05) is 0 Å². The molecule has 2 aromatic heterocycles. The number of fused-ring (bicyclic) bond motifs is 3. The highest BCUT2D eigenvalue weighted by Gasteiger charge is 2.17. The molecule has 0 saturated carbocycles. The summed E-state index contributed by atoms with van der Waals surface area (Å²) >= 11 is 0. The summed E-state index contributed by atoms with van der Waals surface area (Å²) in [6.45, 7) is 6.78. The van der Waals surface area contributed by atoms with Crippen LogP contribution in [0.25, 0.3) is 66.8 Å². The fraction of sp³-hybridized carbons (Fsp3) is 0.0930. The van der Waals surface area contributed by atoms with Crippen molar-refractivity contribution in [3.63, 3.8) is 0 Å². The van der Waals surface area contributed by atoms with Crippen LogP contribution in [0.4, 0.5) is 0 Å². The predicted octanol–water partition coefficient (Wildman–Crippen LogP) is 11.3. The Kier molecular flexibility index (Phi) is 6.69. The highest BCUT2D eigenvalue weighted by molar-refractivity contribution is 6.10. The van der Waals surface area contributed by atoms with Gasteiger partial charge in [0.05, 0.1) is 28.1 Å². The predicted molar refractivity (Wildman–Crippen MR) is 193 cm³/mol. The zero-order valence-corrected chi connectivity index (χ0v) is 26.4. The molecular formula is C43H35N3. The molecule has 3 heteroatoms. The first-order chi connectivity index (χ1) is 22.4. The van der Waals surface area contributed by atoms with E-state index in [9.17, 15) is 0 Å². The Balaban J connectivity index is 1.22. The summed E-state index contributed by atoms with van der Waals surface area (Å²) in [5, 5.41) is 7.59. The first-order valence-electron chi connectivity index (χ1n) is 15.9. The highest BCUT2D eigenvalue weighted by Crippen LogP contribution is 2.36. The molecule has 0 bridgehead atoms. The topological polar surface area (TPSA) is 22.8 Å². The summed E-state index contributed by atoms with van der Waals surface area (Å²) in [7, 11) is 0. The fourth-order valence-corrected chi connectivity index (χ4v) is 6.48. The monoisotopic (exact) mass is 593 g/mol. The maximum atomic E-state index is 5.09. The van der Waals surface area contributed by atoms with Gasteiger partial charge in [0.25, 0.3) is 0 Å². The molecule has 0 spiro atoms. The second kappa shape index (κ2) is 11.0. The van der Waals surface area contributed by atoms with Crippen LogP contribution in [0, 0.1) is 0 Å². The second-order valence-electron chi connectivity index (χ2n) is 13.0. The molecular weight excluding hydrogens is 558 g/mol. The molecule has 0 N–H and O–H groups in total. The van der Waals surface area contributed by atoms with Crippen molar-refractivity contribution in [1.82, 2.24) is 14.3 Å². The molecule has 8 aromatic rings. The second-order valence-corrected chi connectivity index (χ2v) is 13.0. The summed E-state index contributed by atoms with van der Waals surface area (Å²) in [5.74, 6) is 0. The van der Waals surface area contributed by atoms with E-state index in [1.54, 1.807) is 0 Å². The number of aromatic nitrogens is 3. The van der Waals surface area contributed by atoms with E-state index in [4.69, 9.17) is 5.10 Å². The normalized spacial score (nSPS) is 11.8. The van der Waals surface area contributed by atoms with E-state index in [0.29, 0.717) is 0 Å². The van der Waals surface area contributed by atoms with Gasteiger partial charge in [0.2, 0.25) is 0 Å². The Morgan fingerprint density at radius 1 is 0.457 bits per heavy atom. The Labute approximate surface area is 270 Å². The average molecular weight is 594 g/mol. The molecule has 0 aliphatic heterocycles. The SMILES string of the molecule is CC(C)(C)c1ccc(-c2ccc3c(c2)c2ccccc2n3-c2ccc(-n3nc(-c4ccccc4)cc3-c3ccccc3)cc2)cc1. The number of benzene rings is 6. The zero-order valence-electron chi connectivity index (χ0n) is 26.4. The van der Waals surface area contributed by atoms with Gasteiger partial charge in [-0.2, -0.15) is 5.10 Å².